The van der Waals surface area contributed by atoms with Gasteiger partial charge in [-0.15, -0.1) is 0 Å². The summed E-state index contributed by atoms with van der Waals surface area (Å²) in [6.45, 7) is 5.21. The van der Waals surface area contributed by atoms with Crippen LogP contribution in [0.25, 0.3) is 0 Å². The van der Waals surface area contributed by atoms with Crippen LogP contribution in [0.15, 0.2) is 24.3 Å². The summed E-state index contributed by atoms with van der Waals surface area (Å²) in [7, 11) is 0. The van der Waals surface area contributed by atoms with Crippen molar-refractivity contribution in [2.75, 3.05) is 26.4 Å². The average molecular weight is 423 g/mol. The second kappa shape index (κ2) is 10.5. The number of nitrogens with one attached hydrogen (secondary N) is 2. The van der Waals surface area contributed by atoms with Gasteiger partial charge < -0.3 is 24.5 Å². The third-order valence-corrected chi connectivity index (χ3v) is 4.21. The molecule has 0 aliphatic carbocycles. The van der Waals surface area contributed by atoms with E-state index >= 15 is 0 Å². The SMILES string of the molecule is CCOC(=O)c1[nH]c(C)c(C(=O)OCC(=O)NCCOc2ccc(Cl)cc2)c1C. The second-order valence-corrected chi connectivity index (χ2v) is 6.51. The maximum absolute atomic E-state index is 12.3. The fraction of sp³-hybridized carbons (Fsp3) is 0.350. The van der Waals surface area contributed by atoms with Gasteiger partial charge in [0, 0.05) is 10.7 Å². The van der Waals surface area contributed by atoms with E-state index in [0.717, 1.165) is 0 Å². The van der Waals surface area contributed by atoms with Crippen molar-refractivity contribution in [2.24, 2.45) is 0 Å². The van der Waals surface area contributed by atoms with Gasteiger partial charge in [-0.25, -0.2) is 9.59 Å². The Morgan fingerprint density at radius 1 is 1.07 bits per heavy atom. The smallest absolute Gasteiger partial charge is 0.355 e. The molecule has 8 nitrogen and oxygen atoms in total. The van der Waals surface area contributed by atoms with E-state index in [9.17, 15) is 14.4 Å². The molecule has 0 aliphatic rings. The Kier molecular flexibility index (Phi) is 8.09. The van der Waals surface area contributed by atoms with Crippen molar-refractivity contribution < 1.29 is 28.6 Å². The third-order valence-electron chi connectivity index (χ3n) is 3.96. The molecule has 2 rings (SSSR count). The van der Waals surface area contributed by atoms with Crippen LogP contribution in [-0.4, -0.2) is 49.2 Å². The molecular formula is C20H23ClN2O6. The van der Waals surface area contributed by atoms with E-state index in [2.05, 4.69) is 10.3 Å². The number of H-pyrrole nitrogens is 1. The van der Waals surface area contributed by atoms with Crippen molar-refractivity contribution in [1.82, 2.24) is 10.3 Å². The topological polar surface area (TPSA) is 107 Å². The van der Waals surface area contributed by atoms with E-state index in [0.29, 0.717) is 22.0 Å². The molecule has 1 heterocycles. The van der Waals surface area contributed by atoms with Gasteiger partial charge in [-0.1, -0.05) is 11.6 Å². The second-order valence-electron chi connectivity index (χ2n) is 6.07. The predicted octanol–water partition coefficient (Wildman–Crippen LogP) is 2.81. The quantitative estimate of drug-likeness (QED) is 0.475. The Bertz CT molecular complexity index is 876. The van der Waals surface area contributed by atoms with Gasteiger partial charge >= 0.3 is 11.9 Å². The number of hydrogen-bond donors (Lipinski definition) is 2. The van der Waals surface area contributed by atoms with Crippen molar-refractivity contribution in [3.05, 3.63) is 51.8 Å². The number of aromatic amines is 1. The fourth-order valence-electron chi connectivity index (χ4n) is 2.61. The first-order valence-corrected chi connectivity index (χ1v) is 9.39. The lowest BCUT2D eigenvalue weighted by Crippen LogP contribution is -2.32. The highest BCUT2D eigenvalue weighted by atomic mass is 35.5. The number of benzene rings is 1. The van der Waals surface area contributed by atoms with E-state index in [-0.39, 0.29) is 31.0 Å². The molecule has 2 N–H and O–H groups in total. The molecular weight excluding hydrogens is 400 g/mol. The predicted molar refractivity (Wildman–Crippen MR) is 106 cm³/mol. The van der Waals surface area contributed by atoms with E-state index in [4.69, 9.17) is 25.8 Å². The lowest BCUT2D eigenvalue weighted by molar-refractivity contribution is -0.124. The van der Waals surface area contributed by atoms with Gasteiger partial charge in [-0.05, 0) is 50.6 Å². The largest absolute Gasteiger partial charge is 0.492 e. The van der Waals surface area contributed by atoms with Crippen LogP contribution < -0.4 is 10.1 Å². The zero-order chi connectivity index (χ0) is 21.4. The first-order valence-electron chi connectivity index (χ1n) is 9.02. The van der Waals surface area contributed by atoms with Gasteiger partial charge in [-0.3, -0.25) is 4.79 Å². The number of esters is 2. The molecule has 0 radical (unpaired) electrons. The average Bonchev–Trinajstić information content (AvgIpc) is 2.99. The highest BCUT2D eigenvalue weighted by Crippen LogP contribution is 2.20. The number of aromatic nitrogens is 1. The minimum atomic E-state index is -0.695. The zero-order valence-corrected chi connectivity index (χ0v) is 17.2. The Hall–Kier alpha value is -3.00. The molecule has 0 atom stereocenters. The van der Waals surface area contributed by atoms with Gasteiger partial charge in [0.25, 0.3) is 5.91 Å². The molecule has 0 unspecified atom stereocenters. The number of carbonyl (C=O) groups is 3. The first kappa shape index (κ1) is 22.3. The number of halogens is 1. The van der Waals surface area contributed by atoms with Crippen molar-refractivity contribution in [3.63, 3.8) is 0 Å². The minimum absolute atomic E-state index is 0.195. The van der Waals surface area contributed by atoms with Crippen LogP contribution >= 0.6 is 11.6 Å². The number of hydrogen-bond acceptors (Lipinski definition) is 6. The minimum Gasteiger partial charge on any atom is -0.492 e. The van der Waals surface area contributed by atoms with Crippen molar-refractivity contribution in [3.8, 4) is 5.75 Å². The molecule has 1 aromatic heterocycles. The fourth-order valence-corrected chi connectivity index (χ4v) is 2.73. The molecule has 2 aromatic rings. The van der Waals surface area contributed by atoms with Gasteiger partial charge in [0.05, 0.1) is 18.7 Å². The maximum atomic E-state index is 12.3. The summed E-state index contributed by atoms with van der Waals surface area (Å²) < 4.78 is 15.5. The van der Waals surface area contributed by atoms with E-state index in [1.807, 2.05) is 0 Å². The molecule has 0 aliphatic heterocycles. The van der Waals surface area contributed by atoms with Gasteiger partial charge in [-0.2, -0.15) is 0 Å². The summed E-state index contributed by atoms with van der Waals surface area (Å²) >= 11 is 5.79. The molecule has 1 aromatic carbocycles. The van der Waals surface area contributed by atoms with E-state index in [1.54, 1.807) is 45.0 Å². The summed E-state index contributed by atoms with van der Waals surface area (Å²) in [5.41, 5.74) is 1.29. The molecule has 156 valence electrons. The third kappa shape index (κ3) is 6.25. The molecule has 1 amide bonds. The Balaban J connectivity index is 1.79. The Labute approximate surface area is 173 Å². The van der Waals surface area contributed by atoms with Crippen molar-refractivity contribution in [1.29, 1.82) is 0 Å². The summed E-state index contributed by atoms with van der Waals surface area (Å²) in [6.07, 6.45) is 0. The molecule has 9 heteroatoms. The van der Waals surface area contributed by atoms with Gasteiger partial charge in [0.15, 0.2) is 6.61 Å². The zero-order valence-electron chi connectivity index (χ0n) is 16.5. The number of aryl methyl sites for hydroxylation is 1. The van der Waals surface area contributed by atoms with Crippen LogP contribution in [0.4, 0.5) is 0 Å². The number of ether oxygens (including phenoxy) is 3. The monoisotopic (exact) mass is 422 g/mol. The summed E-state index contributed by atoms with van der Waals surface area (Å²) in [5, 5.41) is 3.20. The normalized spacial score (nSPS) is 10.3. The number of carbonyl (C=O) groups excluding carboxylic acids is 3. The Morgan fingerprint density at radius 3 is 2.41 bits per heavy atom. The lowest BCUT2D eigenvalue weighted by Gasteiger charge is -2.09. The maximum Gasteiger partial charge on any atom is 0.355 e. The highest BCUT2D eigenvalue weighted by Gasteiger charge is 2.24. The van der Waals surface area contributed by atoms with E-state index < -0.39 is 24.5 Å². The van der Waals surface area contributed by atoms with Crippen molar-refractivity contribution in [2.45, 2.75) is 20.8 Å². The Morgan fingerprint density at radius 2 is 1.76 bits per heavy atom. The van der Waals surface area contributed by atoms with E-state index in [1.165, 1.54) is 0 Å². The molecule has 29 heavy (non-hydrogen) atoms. The summed E-state index contributed by atoms with van der Waals surface area (Å²) in [6, 6.07) is 6.84. The molecule has 0 spiro atoms. The van der Waals surface area contributed by atoms with Crippen LogP contribution in [0.2, 0.25) is 5.02 Å². The highest BCUT2D eigenvalue weighted by molar-refractivity contribution is 6.30. The van der Waals surface area contributed by atoms with Crippen LogP contribution in [0, 0.1) is 13.8 Å². The van der Waals surface area contributed by atoms with Gasteiger partial charge in [0.1, 0.15) is 18.1 Å². The molecule has 0 bridgehead atoms. The lowest BCUT2D eigenvalue weighted by atomic mass is 10.1. The molecule has 0 saturated heterocycles. The van der Waals surface area contributed by atoms with Gasteiger partial charge in [0.2, 0.25) is 0 Å². The summed E-state index contributed by atoms with van der Waals surface area (Å²) in [4.78, 5) is 38.9. The summed E-state index contributed by atoms with van der Waals surface area (Å²) in [5.74, 6) is -1.08. The first-order chi connectivity index (χ1) is 13.8. The van der Waals surface area contributed by atoms with Crippen LogP contribution in [0.1, 0.15) is 39.0 Å². The standard InChI is InChI=1S/C20H23ClN2O6/c1-4-27-20(26)18-12(2)17(13(3)23-18)19(25)29-11-16(24)22-9-10-28-15-7-5-14(21)6-8-15/h5-8,23H,4,9-11H2,1-3H3,(H,22,24). The van der Waals surface area contributed by atoms with Crippen molar-refractivity contribution >= 4 is 29.4 Å². The molecule has 0 fully saturated rings. The number of amides is 1. The molecule has 0 saturated carbocycles. The van der Waals surface area contributed by atoms with Crippen LogP contribution in [0.5, 0.6) is 5.75 Å². The number of rotatable bonds is 9. The van der Waals surface area contributed by atoms with Crippen LogP contribution in [0.3, 0.4) is 0 Å². The van der Waals surface area contributed by atoms with Crippen LogP contribution in [-0.2, 0) is 14.3 Å².